The third-order valence-corrected chi connectivity index (χ3v) is 6.46. The van der Waals surface area contributed by atoms with Crippen molar-refractivity contribution in [1.29, 1.82) is 0 Å². The van der Waals surface area contributed by atoms with E-state index in [0.717, 1.165) is 11.1 Å². The Labute approximate surface area is 280 Å². The van der Waals surface area contributed by atoms with Gasteiger partial charge in [0.1, 0.15) is 18.1 Å². The zero-order valence-corrected chi connectivity index (χ0v) is 28.6. The summed E-state index contributed by atoms with van der Waals surface area (Å²) in [5, 5.41) is 20.9. The highest BCUT2D eigenvalue weighted by Gasteiger charge is 2.07. The fourth-order valence-electron chi connectivity index (χ4n) is 3.78. The molecule has 1 amide bonds. The Hall–Kier alpha value is -5.04. The minimum atomic E-state index is -0.500. The summed E-state index contributed by atoms with van der Waals surface area (Å²) in [5.74, 6) is 1.64. The maximum Gasteiger partial charge on any atom is 0.411 e. The first-order valence-electron chi connectivity index (χ1n) is 15.7. The van der Waals surface area contributed by atoms with E-state index >= 15 is 0 Å². The highest BCUT2D eigenvalue weighted by molar-refractivity contribution is 5.84. The normalized spacial score (nSPS) is 9.98. The average molecular weight is 642 g/mol. The van der Waals surface area contributed by atoms with Crippen molar-refractivity contribution in [2.45, 2.75) is 66.4 Å². The molecular formula is C40H51NO6. The van der Waals surface area contributed by atoms with Crippen LogP contribution in [-0.2, 0) is 27.3 Å². The molecule has 3 N–H and O–H groups in total. The van der Waals surface area contributed by atoms with Crippen LogP contribution in [0.1, 0.15) is 75.6 Å². The zero-order valence-electron chi connectivity index (χ0n) is 28.6. The number of phenolic OH excluding ortho intramolecular Hbond substituents is 2. The van der Waals surface area contributed by atoms with Crippen LogP contribution >= 0.6 is 0 Å². The Bertz CT molecular complexity index is 1410. The van der Waals surface area contributed by atoms with E-state index < -0.39 is 6.09 Å². The lowest BCUT2D eigenvalue weighted by Crippen LogP contribution is -2.13. The highest BCUT2D eigenvalue weighted by Crippen LogP contribution is 2.18. The summed E-state index contributed by atoms with van der Waals surface area (Å²) in [6.45, 7) is 19.3. The molecule has 0 aliphatic carbocycles. The monoisotopic (exact) mass is 641 g/mol. The van der Waals surface area contributed by atoms with E-state index in [1.165, 1.54) is 11.1 Å². The van der Waals surface area contributed by atoms with Gasteiger partial charge in [-0.05, 0) is 76.4 Å². The zero-order chi connectivity index (χ0) is 35.2. The predicted octanol–water partition coefficient (Wildman–Crippen LogP) is 10.0. The maximum atomic E-state index is 11.7. The molecular weight excluding hydrogens is 590 g/mol. The first-order chi connectivity index (χ1) is 22.4. The molecule has 0 fully saturated rings. The fraction of sp³-hybridized carbons (Fsp3) is 0.300. The SMILES string of the molecule is C=C.CC(C)COC(=O)Cc1ccc(O)cc1.CC(C)c1ccc(NC(=O)OCc2ccc(O)cc2)cc1.CC(C)c1ccccc1. The average Bonchev–Trinajstić information content (AvgIpc) is 3.07. The maximum absolute atomic E-state index is 11.7. The van der Waals surface area contributed by atoms with Gasteiger partial charge >= 0.3 is 12.1 Å². The summed E-state index contributed by atoms with van der Waals surface area (Å²) in [4.78, 5) is 23.0. The third-order valence-electron chi connectivity index (χ3n) is 6.46. The molecule has 4 rings (SSSR count). The van der Waals surface area contributed by atoms with Gasteiger partial charge in [0.05, 0.1) is 13.0 Å². The number of aromatic hydroxyl groups is 2. The second-order valence-corrected chi connectivity index (χ2v) is 11.6. The molecule has 0 spiro atoms. The molecule has 4 aromatic carbocycles. The molecule has 0 aliphatic heterocycles. The van der Waals surface area contributed by atoms with Crippen LogP contribution in [0.25, 0.3) is 0 Å². The largest absolute Gasteiger partial charge is 0.508 e. The van der Waals surface area contributed by atoms with Gasteiger partial charge in [0.25, 0.3) is 0 Å². The lowest BCUT2D eigenvalue weighted by molar-refractivity contribution is -0.143. The highest BCUT2D eigenvalue weighted by atomic mass is 16.5. The Morgan fingerprint density at radius 1 is 0.638 bits per heavy atom. The number of benzene rings is 4. The van der Waals surface area contributed by atoms with Crippen molar-refractivity contribution in [1.82, 2.24) is 0 Å². The van der Waals surface area contributed by atoms with Crippen LogP contribution in [0.4, 0.5) is 10.5 Å². The topological polar surface area (TPSA) is 105 Å². The molecule has 0 bridgehead atoms. The molecule has 0 saturated carbocycles. The molecule has 7 heteroatoms. The van der Waals surface area contributed by atoms with E-state index in [4.69, 9.17) is 14.6 Å². The standard InChI is InChI=1S/C17H19NO3.C12H16O3.C9H12.C2H4/c1-12(2)14-5-7-15(8-6-14)18-17(20)21-11-13-3-9-16(19)10-4-13;1-9(2)8-15-12(14)7-10-3-5-11(13)6-4-10;1-8(2)9-6-4-3-5-7-9;1-2/h3-10,12,19H,11H2,1-2H3,(H,18,20);3-6,9,13H,7-8H2,1-2H3;3-8H,1-2H3;1-2H2. The van der Waals surface area contributed by atoms with Crippen molar-refractivity contribution in [2.24, 2.45) is 5.92 Å². The van der Waals surface area contributed by atoms with Gasteiger partial charge in [-0.15, -0.1) is 13.2 Å². The molecule has 7 nitrogen and oxygen atoms in total. The van der Waals surface area contributed by atoms with E-state index in [1.807, 2.05) is 44.2 Å². The van der Waals surface area contributed by atoms with Crippen LogP contribution in [0.3, 0.4) is 0 Å². The number of carbonyl (C=O) groups excluding carboxylic acids is 2. The molecule has 4 aromatic rings. The number of hydrogen-bond donors (Lipinski definition) is 3. The summed E-state index contributed by atoms with van der Waals surface area (Å²) < 4.78 is 10.2. The Morgan fingerprint density at radius 2 is 1.11 bits per heavy atom. The van der Waals surface area contributed by atoms with Gasteiger partial charge in [0.15, 0.2) is 0 Å². The molecule has 252 valence electrons. The Morgan fingerprint density at radius 3 is 1.55 bits per heavy atom. The van der Waals surface area contributed by atoms with Crippen molar-refractivity contribution < 1.29 is 29.3 Å². The third kappa shape index (κ3) is 17.9. The number of esters is 1. The van der Waals surface area contributed by atoms with Gasteiger partial charge in [-0.2, -0.15) is 0 Å². The molecule has 0 aromatic heterocycles. The fourth-order valence-corrected chi connectivity index (χ4v) is 3.78. The number of phenols is 2. The van der Waals surface area contributed by atoms with Crippen LogP contribution < -0.4 is 5.32 Å². The molecule has 0 saturated heterocycles. The van der Waals surface area contributed by atoms with Gasteiger partial charge < -0.3 is 19.7 Å². The Kier molecular flexibility index (Phi) is 19.1. The number of rotatable bonds is 9. The van der Waals surface area contributed by atoms with E-state index in [0.29, 0.717) is 30.0 Å². The number of ether oxygens (including phenoxy) is 2. The van der Waals surface area contributed by atoms with Crippen molar-refractivity contribution in [3.05, 3.63) is 139 Å². The van der Waals surface area contributed by atoms with E-state index in [-0.39, 0.29) is 30.5 Å². The smallest absolute Gasteiger partial charge is 0.411 e. The van der Waals surface area contributed by atoms with Crippen molar-refractivity contribution in [2.75, 3.05) is 11.9 Å². The molecule has 0 radical (unpaired) electrons. The molecule has 0 heterocycles. The summed E-state index contributed by atoms with van der Waals surface area (Å²) in [5.41, 5.74) is 5.00. The van der Waals surface area contributed by atoms with Gasteiger partial charge in [-0.3, -0.25) is 10.1 Å². The van der Waals surface area contributed by atoms with Gasteiger partial charge in [-0.25, -0.2) is 4.79 Å². The van der Waals surface area contributed by atoms with Crippen LogP contribution in [0, 0.1) is 5.92 Å². The molecule has 0 atom stereocenters. The van der Waals surface area contributed by atoms with E-state index in [2.05, 4.69) is 70.4 Å². The molecule has 47 heavy (non-hydrogen) atoms. The van der Waals surface area contributed by atoms with Crippen LogP contribution in [0.15, 0.2) is 116 Å². The minimum absolute atomic E-state index is 0.163. The number of anilines is 1. The van der Waals surface area contributed by atoms with Gasteiger partial charge in [0, 0.05) is 5.69 Å². The minimum Gasteiger partial charge on any atom is -0.508 e. The lowest BCUT2D eigenvalue weighted by atomic mass is 10.0. The molecule has 0 aliphatic rings. The second-order valence-electron chi connectivity index (χ2n) is 11.6. The van der Waals surface area contributed by atoms with Crippen molar-refractivity contribution in [3.63, 3.8) is 0 Å². The van der Waals surface area contributed by atoms with E-state index in [9.17, 15) is 14.7 Å². The summed E-state index contributed by atoms with van der Waals surface area (Å²) >= 11 is 0. The summed E-state index contributed by atoms with van der Waals surface area (Å²) in [6, 6.07) is 31.3. The number of hydrogen-bond acceptors (Lipinski definition) is 6. The van der Waals surface area contributed by atoms with Crippen LogP contribution in [0.2, 0.25) is 0 Å². The van der Waals surface area contributed by atoms with Crippen LogP contribution in [0.5, 0.6) is 11.5 Å². The number of amides is 1. The summed E-state index contributed by atoms with van der Waals surface area (Å²) in [6.07, 6.45) is -0.243. The van der Waals surface area contributed by atoms with Gasteiger partial charge in [0.2, 0.25) is 0 Å². The Balaban J connectivity index is 0.000000370. The first-order valence-corrected chi connectivity index (χ1v) is 15.7. The second kappa shape index (κ2) is 22.5. The first kappa shape index (κ1) is 40.0. The quantitative estimate of drug-likeness (QED) is 0.124. The van der Waals surface area contributed by atoms with Crippen molar-refractivity contribution in [3.8, 4) is 11.5 Å². The predicted molar refractivity (Wildman–Crippen MR) is 192 cm³/mol. The van der Waals surface area contributed by atoms with Gasteiger partial charge in [-0.1, -0.05) is 108 Å². The summed E-state index contributed by atoms with van der Waals surface area (Å²) in [7, 11) is 0. The molecule has 0 unspecified atom stereocenters. The number of nitrogens with one attached hydrogen (secondary N) is 1. The number of carbonyl (C=O) groups is 2. The van der Waals surface area contributed by atoms with Crippen LogP contribution in [-0.4, -0.2) is 28.9 Å². The van der Waals surface area contributed by atoms with E-state index in [1.54, 1.807) is 48.5 Å². The van der Waals surface area contributed by atoms with Crippen molar-refractivity contribution >= 4 is 17.7 Å². The lowest BCUT2D eigenvalue weighted by Gasteiger charge is -2.09.